The fourth-order valence-corrected chi connectivity index (χ4v) is 7.52. The number of ketones is 2. The van der Waals surface area contributed by atoms with Crippen molar-refractivity contribution in [3.05, 3.63) is 71.5 Å². The minimum Gasteiger partial charge on any atom is -0.431 e. The highest BCUT2D eigenvalue weighted by atomic mass is 16.5. The number of allylic oxidation sites excluding steroid dienone is 2. The predicted molar refractivity (Wildman–Crippen MR) is 137 cm³/mol. The van der Waals surface area contributed by atoms with Crippen molar-refractivity contribution in [2.24, 2.45) is 29.1 Å². The number of rotatable bonds is 3. The number of ether oxygens (including phenoxy) is 1. The zero-order valence-corrected chi connectivity index (χ0v) is 21.6. The van der Waals surface area contributed by atoms with Crippen LogP contribution in [0.25, 0.3) is 0 Å². The fourth-order valence-electron chi connectivity index (χ4n) is 7.52. The van der Waals surface area contributed by atoms with Crippen molar-refractivity contribution < 1.29 is 29.3 Å². The summed E-state index contributed by atoms with van der Waals surface area (Å²) >= 11 is 0. The average molecular weight is 506 g/mol. The number of nitrogens with one attached hydrogen (secondary N) is 1. The van der Waals surface area contributed by atoms with Gasteiger partial charge in [0.1, 0.15) is 11.4 Å². The molecule has 0 radical (unpaired) electrons. The Morgan fingerprint density at radius 1 is 1.22 bits per heavy atom. The number of hydrogen-bond donors (Lipinski definition) is 3. The molecule has 196 valence electrons. The number of aliphatic hydroxyl groups is 2. The molecule has 3 aliphatic carbocycles. The van der Waals surface area contributed by atoms with E-state index in [2.05, 4.69) is 24.0 Å². The maximum absolute atomic E-state index is 14.1. The highest BCUT2D eigenvalue weighted by Gasteiger charge is 2.74. The van der Waals surface area contributed by atoms with E-state index in [9.17, 15) is 24.6 Å². The minimum atomic E-state index is -1.85. The van der Waals surface area contributed by atoms with E-state index in [0.717, 1.165) is 11.1 Å². The molecule has 1 aromatic carbocycles. The zero-order valence-electron chi connectivity index (χ0n) is 21.6. The molecule has 5 rings (SSSR count). The van der Waals surface area contributed by atoms with Crippen LogP contribution in [0, 0.1) is 29.1 Å². The first kappa shape index (κ1) is 25.8. The van der Waals surface area contributed by atoms with Crippen molar-refractivity contribution >= 4 is 17.5 Å². The number of aliphatic hydroxyl groups excluding tert-OH is 1. The minimum absolute atomic E-state index is 0.0596. The Balaban J connectivity index is 1.71. The van der Waals surface area contributed by atoms with E-state index in [-0.39, 0.29) is 42.4 Å². The van der Waals surface area contributed by atoms with Crippen LogP contribution in [0.2, 0.25) is 0 Å². The molecule has 4 unspecified atom stereocenters. The quantitative estimate of drug-likeness (QED) is 0.428. The van der Waals surface area contributed by atoms with Crippen molar-refractivity contribution in [1.29, 1.82) is 0 Å². The number of hydrogen-bond acceptors (Lipinski definition) is 7. The SMILES string of the molecule is C=C1C(O)[C@@H]2/C3=C/CCC(=O)[C@](C)(O)/C=C(\OC(C)=O)C3C23C(=O)CN[C@@H](Cc2ccccc2)[C@@H]3C1C. The average Bonchev–Trinajstić information content (AvgIpc) is 2.86. The third kappa shape index (κ3) is 3.87. The summed E-state index contributed by atoms with van der Waals surface area (Å²) < 4.78 is 5.68. The van der Waals surface area contributed by atoms with Crippen LogP contribution in [0.4, 0.5) is 0 Å². The number of Topliss-reactive ketones (excluding diaryl/α,β-unsaturated/α-hetero) is 2. The highest BCUT2D eigenvalue weighted by molar-refractivity contribution is 5.94. The van der Waals surface area contributed by atoms with Gasteiger partial charge in [0.15, 0.2) is 11.6 Å². The number of benzene rings is 1. The van der Waals surface area contributed by atoms with Crippen LogP contribution in [-0.4, -0.2) is 52.0 Å². The van der Waals surface area contributed by atoms with E-state index in [1.54, 1.807) is 0 Å². The van der Waals surface area contributed by atoms with Crippen molar-refractivity contribution in [2.45, 2.75) is 57.8 Å². The van der Waals surface area contributed by atoms with Gasteiger partial charge in [-0.1, -0.05) is 55.5 Å². The lowest BCUT2D eigenvalue weighted by Gasteiger charge is -2.69. The molecule has 7 heteroatoms. The second-order valence-electron chi connectivity index (χ2n) is 11.2. The summed E-state index contributed by atoms with van der Waals surface area (Å²) in [5.74, 6) is -2.59. The van der Waals surface area contributed by atoms with Crippen molar-refractivity contribution in [3.63, 3.8) is 0 Å². The van der Waals surface area contributed by atoms with Crippen LogP contribution in [0.1, 0.15) is 39.2 Å². The molecule has 8 atom stereocenters. The molecule has 4 aliphatic rings. The Kier molecular flexibility index (Phi) is 6.37. The number of esters is 1. The molecule has 1 heterocycles. The Morgan fingerprint density at radius 2 is 1.92 bits per heavy atom. The second-order valence-corrected chi connectivity index (χ2v) is 11.2. The van der Waals surface area contributed by atoms with Gasteiger partial charge < -0.3 is 20.3 Å². The number of carbonyl (C=O) groups is 3. The first-order valence-corrected chi connectivity index (χ1v) is 13.0. The summed E-state index contributed by atoms with van der Waals surface area (Å²) in [5, 5.41) is 26.0. The lowest BCUT2D eigenvalue weighted by Crippen LogP contribution is -2.75. The van der Waals surface area contributed by atoms with E-state index in [1.165, 1.54) is 19.9 Å². The zero-order chi connectivity index (χ0) is 26.7. The molecule has 1 aliphatic heterocycles. The van der Waals surface area contributed by atoms with Crippen LogP contribution in [0.15, 0.2) is 66.0 Å². The number of piperidine rings is 1. The Morgan fingerprint density at radius 3 is 2.59 bits per heavy atom. The van der Waals surface area contributed by atoms with Gasteiger partial charge in [-0.05, 0) is 48.8 Å². The van der Waals surface area contributed by atoms with E-state index in [4.69, 9.17) is 4.74 Å². The third-order valence-electron chi connectivity index (χ3n) is 9.08. The molecule has 7 nitrogen and oxygen atoms in total. The molecule has 1 saturated heterocycles. The van der Waals surface area contributed by atoms with E-state index in [1.807, 2.05) is 31.2 Å². The van der Waals surface area contributed by atoms with Crippen LogP contribution in [-0.2, 0) is 25.5 Å². The van der Waals surface area contributed by atoms with E-state index < -0.39 is 40.7 Å². The third-order valence-corrected chi connectivity index (χ3v) is 9.08. The standard InChI is InChI=1S/C30H35NO6/c1-16-17(2)28(35)27-20-11-8-12-23(33)29(4,36)14-22(37-18(3)32)26(20)30(27)24(34)15-31-21(25(16)30)13-19-9-6-5-7-10-19/h5-7,9-11,14,16,21,25-28,31,35-36H,2,8,12-13,15H2,1,3-4H3/b20-11+,22-14-/t16?,21-,25-,26?,27-,28?,29+,30?/m0/s1. The lowest BCUT2D eigenvalue weighted by atomic mass is 9.35. The van der Waals surface area contributed by atoms with Crippen LogP contribution in [0.3, 0.4) is 0 Å². The molecule has 1 aromatic rings. The summed E-state index contributed by atoms with van der Waals surface area (Å²) in [6, 6.07) is 9.94. The predicted octanol–water partition coefficient (Wildman–Crippen LogP) is 2.67. The van der Waals surface area contributed by atoms with Gasteiger partial charge >= 0.3 is 5.97 Å². The maximum Gasteiger partial charge on any atom is 0.307 e. The molecule has 3 N–H and O–H groups in total. The first-order chi connectivity index (χ1) is 17.5. The number of fused-ring (bicyclic) bond motifs is 2. The van der Waals surface area contributed by atoms with Gasteiger partial charge in [-0.25, -0.2) is 0 Å². The van der Waals surface area contributed by atoms with E-state index >= 15 is 0 Å². The molecule has 37 heavy (non-hydrogen) atoms. The van der Waals surface area contributed by atoms with E-state index in [0.29, 0.717) is 18.4 Å². The smallest absolute Gasteiger partial charge is 0.307 e. The lowest BCUT2D eigenvalue weighted by molar-refractivity contribution is -0.178. The summed E-state index contributed by atoms with van der Waals surface area (Å²) in [6.45, 7) is 9.00. The second kappa shape index (κ2) is 9.15. The molecular formula is C30H35NO6. The van der Waals surface area contributed by atoms with Gasteiger partial charge in [0.2, 0.25) is 0 Å². The first-order valence-electron chi connectivity index (χ1n) is 13.0. The Hall–Kier alpha value is -2.87. The van der Waals surface area contributed by atoms with Crippen molar-refractivity contribution in [3.8, 4) is 0 Å². The van der Waals surface area contributed by atoms with Gasteiger partial charge in [0, 0.05) is 25.3 Å². The largest absolute Gasteiger partial charge is 0.431 e. The maximum atomic E-state index is 14.1. The summed E-state index contributed by atoms with van der Waals surface area (Å²) in [6.07, 6.45) is 3.38. The molecule has 0 amide bonds. The van der Waals surface area contributed by atoms with Gasteiger partial charge in [-0.3, -0.25) is 14.4 Å². The molecule has 0 bridgehead atoms. The van der Waals surface area contributed by atoms with Crippen LogP contribution >= 0.6 is 0 Å². The Bertz CT molecular complexity index is 1210. The van der Waals surface area contributed by atoms with Gasteiger partial charge in [0.25, 0.3) is 0 Å². The fraction of sp³-hybridized carbons (Fsp3) is 0.500. The van der Waals surface area contributed by atoms with Crippen LogP contribution < -0.4 is 5.32 Å². The normalized spacial score (nSPS) is 42.2. The molecule has 1 spiro atoms. The Labute approximate surface area is 217 Å². The highest BCUT2D eigenvalue weighted by Crippen LogP contribution is 2.71. The van der Waals surface area contributed by atoms with Gasteiger partial charge in [0.05, 0.1) is 24.0 Å². The van der Waals surface area contributed by atoms with Crippen LogP contribution in [0.5, 0.6) is 0 Å². The molecule has 2 saturated carbocycles. The van der Waals surface area contributed by atoms with Crippen molar-refractivity contribution in [1.82, 2.24) is 5.32 Å². The van der Waals surface area contributed by atoms with Gasteiger partial charge in [-0.15, -0.1) is 0 Å². The summed E-state index contributed by atoms with van der Waals surface area (Å²) in [4.78, 5) is 39.1. The molecule has 3 fully saturated rings. The van der Waals surface area contributed by atoms with Crippen molar-refractivity contribution in [2.75, 3.05) is 6.54 Å². The number of carbonyl (C=O) groups excluding carboxylic acids is 3. The summed E-state index contributed by atoms with van der Waals surface area (Å²) in [5.41, 5.74) is -0.342. The molecular weight excluding hydrogens is 470 g/mol. The topological polar surface area (TPSA) is 113 Å². The monoisotopic (exact) mass is 505 g/mol. The molecule has 0 aromatic heterocycles. The van der Waals surface area contributed by atoms with Gasteiger partial charge in [-0.2, -0.15) is 0 Å². The summed E-state index contributed by atoms with van der Waals surface area (Å²) in [7, 11) is 0.